The van der Waals surface area contributed by atoms with Crippen LogP contribution in [-0.4, -0.2) is 84.3 Å². The zero-order valence-corrected chi connectivity index (χ0v) is 17.8. The molecular weight excluding hydrogens is 364 g/mol. The van der Waals surface area contributed by atoms with Gasteiger partial charge in [0.05, 0.1) is 11.0 Å². The Bertz CT molecular complexity index is 818. The van der Waals surface area contributed by atoms with Crippen molar-refractivity contribution in [1.82, 2.24) is 24.7 Å². The molecule has 2 fully saturated rings. The maximum Gasteiger partial charge on any atom is 0.327 e. The van der Waals surface area contributed by atoms with E-state index in [4.69, 9.17) is 0 Å². The third-order valence-corrected chi connectivity index (χ3v) is 6.44. The lowest BCUT2D eigenvalue weighted by atomic mass is 10.0. The predicted octanol–water partition coefficient (Wildman–Crippen LogP) is 2.61. The van der Waals surface area contributed by atoms with Gasteiger partial charge in [0.2, 0.25) is 0 Å². The standard InChI is InChI=1S/C22H34N6O/c1-3-4-9-23-22(29)28-17-24-20-16-19(5-6-21(20)28)26-10-7-18(8-11-26)27-14-12-25(2)13-15-27/h5-6,16-18H,3-4,7-15H2,1-2H3,(H,23,29). The third kappa shape index (κ3) is 4.56. The SMILES string of the molecule is CCCCNC(=O)n1cnc2cc(N3CCC(N4CCN(C)CC4)CC3)ccc21. The zero-order valence-electron chi connectivity index (χ0n) is 17.8. The van der Waals surface area contributed by atoms with Crippen molar-refractivity contribution in [2.24, 2.45) is 0 Å². The summed E-state index contributed by atoms with van der Waals surface area (Å²) >= 11 is 0. The van der Waals surface area contributed by atoms with Crippen LogP contribution in [0.1, 0.15) is 32.6 Å². The number of nitrogens with zero attached hydrogens (tertiary/aromatic N) is 5. The minimum atomic E-state index is -0.0957. The molecule has 1 N–H and O–H groups in total. The highest BCUT2D eigenvalue weighted by Crippen LogP contribution is 2.26. The number of hydrogen-bond acceptors (Lipinski definition) is 5. The number of unbranched alkanes of at least 4 members (excludes halogenated alkanes) is 1. The molecule has 1 aromatic carbocycles. The van der Waals surface area contributed by atoms with E-state index < -0.39 is 0 Å². The van der Waals surface area contributed by atoms with Gasteiger partial charge >= 0.3 is 6.03 Å². The number of imidazole rings is 1. The second-order valence-electron chi connectivity index (χ2n) is 8.43. The number of anilines is 1. The van der Waals surface area contributed by atoms with Crippen LogP contribution in [0.15, 0.2) is 24.5 Å². The number of amides is 1. The number of aromatic nitrogens is 2. The van der Waals surface area contributed by atoms with E-state index >= 15 is 0 Å². The summed E-state index contributed by atoms with van der Waals surface area (Å²) in [4.78, 5) is 24.4. The first-order valence-electron chi connectivity index (χ1n) is 11.1. The number of hydrogen-bond donors (Lipinski definition) is 1. The van der Waals surface area contributed by atoms with Gasteiger partial charge in [-0.1, -0.05) is 13.3 Å². The zero-order chi connectivity index (χ0) is 20.2. The molecule has 0 unspecified atom stereocenters. The Morgan fingerprint density at radius 3 is 2.62 bits per heavy atom. The molecule has 2 aromatic rings. The Labute approximate surface area is 173 Å². The first-order chi connectivity index (χ1) is 14.2. The highest BCUT2D eigenvalue weighted by molar-refractivity contribution is 5.90. The molecule has 0 spiro atoms. The molecule has 0 saturated carbocycles. The number of nitrogens with one attached hydrogen (secondary N) is 1. The van der Waals surface area contributed by atoms with Crippen molar-refractivity contribution < 1.29 is 4.79 Å². The van der Waals surface area contributed by atoms with Gasteiger partial charge in [-0.25, -0.2) is 9.78 Å². The Balaban J connectivity index is 1.37. The summed E-state index contributed by atoms with van der Waals surface area (Å²) in [5, 5.41) is 2.96. The van der Waals surface area contributed by atoms with Crippen molar-refractivity contribution in [2.45, 2.75) is 38.6 Å². The summed E-state index contributed by atoms with van der Waals surface area (Å²) in [5.41, 5.74) is 2.97. The average molecular weight is 399 g/mol. The van der Waals surface area contributed by atoms with Crippen LogP contribution in [0.25, 0.3) is 11.0 Å². The van der Waals surface area contributed by atoms with Crippen LogP contribution in [0, 0.1) is 0 Å². The maximum atomic E-state index is 12.4. The van der Waals surface area contributed by atoms with Gasteiger partial charge in [0.1, 0.15) is 6.33 Å². The third-order valence-electron chi connectivity index (χ3n) is 6.44. The number of piperidine rings is 1. The molecule has 2 saturated heterocycles. The van der Waals surface area contributed by atoms with Crippen LogP contribution in [-0.2, 0) is 0 Å². The van der Waals surface area contributed by atoms with Crippen molar-refractivity contribution in [3.8, 4) is 0 Å². The highest BCUT2D eigenvalue weighted by Gasteiger charge is 2.27. The summed E-state index contributed by atoms with van der Waals surface area (Å²) in [7, 11) is 2.21. The van der Waals surface area contributed by atoms with E-state index in [-0.39, 0.29) is 6.03 Å². The van der Waals surface area contributed by atoms with Gasteiger partial charge in [-0.15, -0.1) is 0 Å². The lowest BCUT2D eigenvalue weighted by Crippen LogP contribution is -2.52. The van der Waals surface area contributed by atoms with Crippen molar-refractivity contribution in [1.29, 1.82) is 0 Å². The molecule has 1 aromatic heterocycles. The van der Waals surface area contributed by atoms with Gasteiger partial charge in [-0.05, 0) is 44.5 Å². The van der Waals surface area contributed by atoms with E-state index in [2.05, 4.69) is 51.1 Å². The lowest BCUT2D eigenvalue weighted by molar-refractivity contribution is 0.0982. The molecule has 4 rings (SSSR count). The quantitative estimate of drug-likeness (QED) is 0.785. The highest BCUT2D eigenvalue weighted by atomic mass is 16.2. The van der Waals surface area contributed by atoms with E-state index in [0.29, 0.717) is 6.54 Å². The van der Waals surface area contributed by atoms with Gasteiger partial charge in [-0.2, -0.15) is 0 Å². The first-order valence-corrected chi connectivity index (χ1v) is 11.1. The van der Waals surface area contributed by atoms with Crippen molar-refractivity contribution >= 4 is 22.8 Å². The molecule has 0 atom stereocenters. The fraction of sp³-hybridized carbons (Fsp3) is 0.636. The Morgan fingerprint density at radius 2 is 1.90 bits per heavy atom. The van der Waals surface area contributed by atoms with Crippen LogP contribution in [0.5, 0.6) is 0 Å². The molecule has 2 aliphatic rings. The second-order valence-corrected chi connectivity index (χ2v) is 8.43. The van der Waals surface area contributed by atoms with Crippen molar-refractivity contribution in [3.05, 3.63) is 24.5 Å². The van der Waals surface area contributed by atoms with Gasteiger partial charge in [-0.3, -0.25) is 9.47 Å². The summed E-state index contributed by atoms with van der Waals surface area (Å²) < 4.78 is 1.62. The van der Waals surface area contributed by atoms with Crippen LogP contribution in [0.2, 0.25) is 0 Å². The molecule has 2 aliphatic heterocycles. The minimum absolute atomic E-state index is 0.0957. The van der Waals surface area contributed by atoms with Crippen LogP contribution in [0.4, 0.5) is 10.5 Å². The number of carbonyl (C=O) groups excluding carboxylic acids is 1. The van der Waals surface area contributed by atoms with Gasteiger partial charge < -0.3 is 15.1 Å². The molecule has 1 amide bonds. The molecule has 29 heavy (non-hydrogen) atoms. The predicted molar refractivity (Wildman–Crippen MR) is 118 cm³/mol. The Morgan fingerprint density at radius 1 is 1.14 bits per heavy atom. The molecule has 7 heteroatoms. The number of likely N-dealkylation sites (N-methyl/N-ethyl adjacent to an activating group) is 1. The van der Waals surface area contributed by atoms with E-state index in [1.807, 2.05) is 6.07 Å². The monoisotopic (exact) mass is 398 g/mol. The number of rotatable bonds is 5. The van der Waals surface area contributed by atoms with E-state index in [1.54, 1.807) is 10.9 Å². The molecule has 0 bridgehead atoms. The number of fused-ring (bicyclic) bond motifs is 1. The summed E-state index contributed by atoms with van der Waals surface area (Å²) in [6, 6.07) is 6.91. The van der Waals surface area contributed by atoms with Gasteiger partial charge in [0, 0.05) is 57.5 Å². The largest absolute Gasteiger partial charge is 0.371 e. The van der Waals surface area contributed by atoms with Crippen LogP contribution in [0.3, 0.4) is 0 Å². The van der Waals surface area contributed by atoms with Gasteiger partial charge in [0.15, 0.2) is 0 Å². The van der Waals surface area contributed by atoms with Crippen LogP contribution < -0.4 is 10.2 Å². The normalized spacial score (nSPS) is 19.7. The molecular formula is C22H34N6O. The van der Waals surface area contributed by atoms with E-state index in [1.165, 1.54) is 44.7 Å². The number of benzene rings is 1. The Hall–Kier alpha value is -2.12. The molecule has 0 radical (unpaired) electrons. The van der Waals surface area contributed by atoms with E-state index in [9.17, 15) is 4.79 Å². The van der Waals surface area contributed by atoms with Crippen LogP contribution >= 0.6 is 0 Å². The Kier molecular flexibility index (Phi) is 6.35. The van der Waals surface area contributed by atoms with Crippen molar-refractivity contribution in [3.63, 3.8) is 0 Å². The fourth-order valence-electron chi connectivity index (χ4n) is 4.49. The average Bonchev–Trinajstić information content (AvgIpc) is 3.18. The van der Waals surface area contributed by atoms with Crippen molar-refractivity contribution in [2.75, 3.05) is 57.8 Å². The first kappa shape index (κ1) is 20.2. The molecule has 3 heterocycles. The minimum Gasteiger partial charge on any atom is -0.371 e. The lowest BCUT2D eigenvalue weighted by Gasteiger charge is -2.42. The maximum absolute atomic E-state index is 12.4. The topological polar surface area (TPSA) is 56.6 Å². The number of carbonyl (C=O) groups is 1. The summed E-state index contributed by atoms with van der Waals surface area (Å²) in [6.07, 6.45) is 6.13. The number of piperazine rings is 1. The summed E-state index contributed by atoms with van der Waals surface area (Å²) in [5.74, 6) is 0. The molecule has 158 valence electrons. The van der Waals surface area contributed by atoms with E-state index in [0.717, 1.165) is 43.0 Å². The smallest absolute Gasteiger partial charge is 0.327 e. The molecule has 0 aliphatic carbocycles. The fourth-order valence-corrected chi connectivity index (χ4v) is 4.49. The van der Waals surface area contributed by atoms with Gasteiger partial charge in [0.25, 0.3) is 0 Å². The second kappa shape index (κ2) is 9.13. The molecule has 7 nitrogen and oxygen atoms in total. The summed E-state index contributed by atoms with van der Waals surface area (Å²) in [6.45, 7) is 9.76.